The van der Waals surface area contributed by atoms with E-state index in [9.17, 15) is 0 Å². The zero-order valence-corrected chi connectivity index (χ0v) is 18.5. The van der Waals surface area contributed by atoms with Gasteiger partial charge in [0.15, 0.2) is 5.96 Å². The van der Waals surface area contributed by atoms with Crippen molar-refractivity contribution in [2.24, 2.45) is 16.3 Å². The minimum atomic E-state index is 0. The van der Waals surface area contributed by atoms with Crippen molar-refractivity contribution in [3.8, 4) is 0 Å². The Kier molecular flexibility index (Phi) is 9.30. The van der Waals surface area contributed by atoms with Crippen molar-refractivity contribution < 1.29 is 4.74 Å². The average Bonchev–Trinajstić information content (AvgIpc) is 2.87. The van der Waals surface area contributed by atoms with Crippen molar-refractivity contribution in [3.63, 3.8) is 0 Å². The Morgan fingerprint density at radius 2 is 1.88 bits per heavy atom. The third-order valence-corrected chi connectivity index (χ3v) is 5.02. The molecule has 0 aromatic rings. The molecule has 1 atom stereocenters. The SMILES string of the molecule is CCNC(=NCC(C(C)C)N1CCOCC1)N1CCC(C)(C)C1.I. The summed E-state index contributed by atoms with van der Waals surface area (Å²) in [4.78, 5) is 9.99. The molecule has 0 spiro atoms. The van der Waals surface area contributed by atoms with E-state index in [1.165, 1.54) is 6.42 Å². The van der Waals surface area contributed by atoms with E-state index >= 15 is 0 Å². The van der Waals surface area contributed by atoms with E-state index in [0.29, 0.717) is 17.4 Å². The molecule has 2 fully saturated rings. The molecular weight excluding hydrogens is 415 g/mol. The molecule has 0 aliphatic carbocycles. The quantitative estimate of drug-likeness (QED) is 0.396. The maximum atomic E-state index is 5.50. The van der Waals surface area contributed by atoms with Crippen LogP contribution in [0.5, 0.6) is 0 Å². The molecule has 0 aromatic carbocycles. The standard InChI is InChI=1S/C18H36N4O.HI/c1-6-19-17(22-8-7-18(4,5)14-22)20-13-16(15(2)3)21-9-11-23-12-10-21;/h15-16H,6-14H2,1-5H3,(H,19,20);1H. The summed E-state index contributed by atoms with van der Waals surface area (Å²) in [5.41, 5.74) is 0.401. The third-order valence-electron chi connectivity index (χ3n) is 5.02. The van der Waals surface area contributed by atoms with Crippen LogP contribution in [0.2, 0.25) is 0 Å². The highest BCUT2D eigenvalue weighted by molar-refractivity contribution is 14.0. The molecule has 2 aliphatic rings. The lowest BCUT2D eigenvalue weighted by Crippen LogP contribution is -2.48. The van der Waals surface area contributed by atoms with Gasteiger partial charge in [0.2, 0.25) is 0 Å². The Balaban J connectivity index is 0.00000288. The summed E-state index contributed by atoms with van der Waals surface area (Å²) in [6, 6.07) is 0.503. The lowest BCUT2D eigenvalue weighted by molar-refractivity contribution is 0.00863. The molecule has 5 nitrogen and oxygen atoms in total. The first-order chi connectivity index (χ1) is 10.9. The Hall–Kier alpha value is -0.0800. The Morgan fingerprint density at radius 3 is 2.38 bits per heavy atom. The molecule has 0 radical (unpaired) electrons. The Morgan fingerprint density at radius 1 is 1.21 bits per heavy atom. The second kappa shape index (κ2) is 10.2. The van der Waals surface area contributed by atoms with Crippen LogP contribution in [0.3, 0.4) is 0 Å². The fourth-order valence-corrected chi connectivity index (χ4v) is 3.56. The Bertz CT molecular complexity index is 394. The molecule has 0 bridgehead atoms. The molecule has 6 heteroatoms. The number of halogens is 1. The van der Waals surface area contributed by atoms with E-state index in [-0.39, 0.29) is 24.0 Å². The van der Waals surface area contributed by atoms with E-state index in [1.54, 1.807) is 0 Å². The highest BCUT2D eigenvalue weighted by Crippen LogP contribution is 2.28. The molecule has 0 aromatic heterocycles. The number of morpholine rings is 1. The number of ether oxygens (including phenoxy) is 1. The zero-order chi connectivity index (χ0) is 16.9. The fraction of sp³-hybridized carbons (Fsp3) is 0.944. The van der Waals surface area contributed by atoms with Crippen molar-refractivity contribution in [1.82, 2.24) is 15.1 Å². The van der Waals surface area contributed by atoms with Gasteiger partial charge < -0.3 is 15.0 Å². The second-order valence-corrected chi connectivity index (χ2v) is 7.99. The molecule has 1 unspecified atom stereocenters. The molecular formula is C18H37IN4O. The highest BCUT2D eigenvalue weighted by Gasteiger charge is 2.31. The highest BCUT2D eigenvalue weighted by atomic mass is 127. The topological polar surface area (TPSA) is 40.1 Å². The van der Waals surface area contributed by atoms with E-state index in [0.717, 1.165) is 58.4 Å². The first kappa shape index (κ1) is 22.0. The molecule has 2 heterocycles. The van der Waals surface area contributed by atoms with Crippen molar-refractivity contribution >= 4 is 29.9 Å². The second-order valence-electron chi connectivity index (χ2n) is 7.99. The van der Waals surface area contributed by atoms with Crippen LogP contribution in [0.4, 0.5) is 0 Å². The first-order valence-corrected chi connectivity index (χ1v) is 9.28. The summed E-state index contributed by atoms with van der Waals surface area (Å²) in [6.07, 6.45) is 1.24. The summed E-state index contributed by atoms with van der Waals surface area (Å²) in [5, 5.41) is 3.49. The van der Waals surface area contributed by atoms with Gasteiger partial charge in [0.1, 0.15) is 0 Å². The fourth-order valence-electron chi connectivity index (χ4n) is 3.56. The van der Waals surface area contributed by atoms with Gasteiger partial charge in [-0.2, -0.15) is 0 Å². The van der Waals surface area contributed by atoms with Gasteiger partial charge in [-0.3, -0.25) is 9.89 Å². The van der Waals surface area contributed by atoms with Gasteiger partial charge in [0, 0.05) is 38.8 Å². The summed E-state index contributed by atoms with van der Waals surface area (Å²) < 4.78 is 5.50. The molecule has 2 rings (SSSR count). The number of hydrogen-bond acceptors (Lipinski definition) is 3. The van der Waals surface area contributed by atoms with Crippen molar-refractivity contribution in [3.05, 3.63) is 0 Å². The largest absolute Gasteiger partial charge is 0.379 e. The van der Waals surface area contributed by atoms with Crippen LogP contribution in [0, 0.1) is 11.3 Å². The number of nitrogens with one attached hydrogen (secondary N) is 1. The van der Waals surface area contributed by atoms with E-state index in [1.807, 2.05) is 0 Å². The van der Waals surface area contributed by atoms with E-state index < -0.39 is 0 Å². The first-order valence-electron chi connectivity index (χ1n) is 9.28. The van der Waals surface area contributed by atoms with Crippen molar-refractivity contribution in [2.45, 2.75) is 47.1 Å². The van der Waals surface area contributed by atoms with Crippen LogP contribution >= 0.6 is 24.0 Å². The van der Waals surface area contributed by atoms with Gasteiger partial charge in [-0.1, -0.05) is 27.7 Å². The number of likely N-dealkylation sites (tertiary alicyclic amines) is 1. The smallest absolute Gasteiger partial charge is 0.193 e. The summed E-state index contributed by atoms with van der Waals surface area (Å²) >= 11 is 0. The minimum Gasteiger partial charge on any atom is -0.379 e. The van der Waals surface area contributed by atoms with Gasteiger partial charge in [-0.15, -0.1) is 24.0 Å². The van der Waals surface area contributed by atoms with Crippen LogP contribution in [0.15, 0.2) is 4.99 Å². The normalized spacial score (nSPS) is 23.2. The van der Waals surface area contributed by atoms with Crippen molar-refractivity contribution in [1.29, 1.82) is 0 Å². The van der Waals surface area contributed by atoms with Crippen molar-refractivity contribution in [2.75, 3.05) is 52.5 Å². The maximum Gasteiger partial charge on any atom is 0.193 e. The minimum absolute atomic E-state index is 0. The van der Waals surface area contributed by atoms with Gasteiger partial charge >= 0.3 is 0 Å². The Labute approximate surface area is 165 Å². The molecule has 0 amide bonds. The van der Waals surface area contributed by atoms with Crippen LogP contribution in [-0.4, -0.2) is 74.3 Å². The summed E-state index contributed by atoms with van der Waals surface area (Å²) in [6.45, 7) is 19.3. The summed E-state index contributed by atoms with van der Waals surface area (Å²) in [7, 11) is 0. The maximum absolute atomic E-state index is 5.50. The van der Waals surface area contributed by atoms with Crippen LogP contribution < -0.4 is 5.32 Å². The molecule has 2 saturated heterocycles. The van der Waals surface area contributed by atoms with Crippen LogP contribution in [0.25, 0.3) is 0 Å². The van der Waals surface area contributed by atoms with Crippen LogP contribution in [-0.2, 0) is 4.74 Å². The number of guanidine groups is 1. The van der Waals surface area contributed by atoms with Gasteiger partial charge in [0.25, 0.3) is 0 Å². The molecule has 1 N–H and O–H groups in total. The molecule has 142 valence electrons. The average molecular weight is 452 g/mol. The zero-order valence-electron chi connectivity index (χ0n) is 16.2. The lowest BCUT2D eigenvalue weighted by atomic mass is 9.93. The third kappa shape index (κ3) is 6.33. The molecule has 24 heavy (non-hydrogen) atoms. The number of nitrogens with zero attached hydrogens (tertiary/aromatic N) is 3. The predicted molar refractivity (Wildman–Crippen MR) is 112 cm³/mol. The lowest BCUT2D eigenvalue weighted by Gasteiger charge is -2.36. The van der Waals surface area contributed by atoms with Gasteiger partial charge in [0.05, 0.1) is 19.8 Å². The number of aliphatic imine (C=N–C) groups is 1. The number of hydrogen-bond donors (Lipinski definition) is 1. The molecule has 0 saturated carbocycles. The molecule has 2 aliphatic heterocycles. The van der Waals surface area contributed by atoms with Crippen LogP contribution in [0.1, 0.15) is 41.0 Å². The summed E-state index contributed by atoms with van der Waals surface area (Å²) in [5.74, 6) is 1.70. The van der Waals surface area contributed by atoms with E-state index in [4.69, 9.17) is 9.73 Å². The monoisotopic (exact) mass is 452 g/mol. The predicted octanol–water partition coefficient (Wildman–Crippen LogP) is 2.66. The van der Waals surface area contributed by atoms with Gasteiger partial charge in [-0.25, -0.2) is 0 Å². The van der Waals surface area contributed by atoms with E-state index in [2.05, 4.69) is 49.7 Å². The van der Waals surface area contributed by atoms with Gasteiger partial charge in [-0.05, 0) is 24.7 Å². The number of rotatable bonds is 5.